The van der Waals surface area contributed by atoms with Gasteiger partial charge in [-0.2, -0.15) is 11.8 Å². The third-order valence-corrected chi connectivity index (χ3v) is 4.22. The topological polar surface area (TPSA) is 0 Å². The molecule has 60 valence electrons. The normalized spacial score (nSPS) is 40.5. The predicted octanol–water partition coefficient (Wildman–Crippen LogP) is 3.32. The molecular weight excluding hydrogens is 140 g/mol. The highest BCUT2D eigenvalue weighted by Gasteiger charge is 2.29. The van der Waals surface area contributed by atoms with Crippen LogP contribution in [-0.2, 0) is 0 Å². The fourth-order valence-corrected chi connectivity index (χ4v) is 3.58. The van der Waals surface area contributed by atoms with Crippen molar-refractivity contribution in [3.05, 3.63) is 0 Å². The molecule has 3 atom stereocenters. The summed E-state index contributed by atoms with van der Waals surface area (Å²) in [6.07, 6.45) is 4.21. The summed E-state index contributed by atoms with van der Waals surface area (Å²) in [5.41, 5.74) is 0. The minimum absolute atomic E-state index is 0.926. The summed E-state index contributed by atoms with van der Waals surface area (Å²) in [5.74, 6) is 1.02. The average molecular weight is 158 g/mol. The van der Waals surface area contributed by atoms with E-state index in [0.29, 0.717) is 0 Å². The van der Waals surface area contributed by atoms with E-state index in [4.69, 9.17) is 0 Å². The van der Waals surface area contributed by atoms with E-state index in [2.05, 4.69) is 32.5 Å². The van der Waals surface area contributed by atoms with Gasteiger partial charge in [0.2, 0.25) is 0 Å². The second-order valence-corrected chi connectivity index (χ2v) is 4.98. The molecule has 0 N–H and O–H groups in total. The summed E-state index contributed by atoms with van der Waals surface area (Å²) >= 11 is 2.20. The maximum absolute atomic E-state index is 2.36. The lowest BCUT2D eigenvalue weighted by Gasteiger charge is -2.13. The third kappa shape index (κ3) is 1.69. The van der Waals surface area contributed by atoms with Crippen molar-refractivity contribution in [1.29, 1.82) is 0 Å². The number of rotatable bonds is 2. The molecule has 0 aliphatic carbocycles. The summed E-state index contributed by atoms with van der Waals surface area (Å²) in [6, 6.07) is 0. The Hall–Kier alpha value is 0.350. The van der Waals surface area contributed by atoms with Gasteiger partial charge in [0.1, 0.15) is 0 Å². The van der Waals surface area contributed by atoms with E-state index < -0.39 is 0 Å². The molecule has 3 unspecified atom stereocenters. The Labute approximate surface area is 68.8 Å². The van der Waals surface area contributed by atoms with E-state index in [0.717, 1.165) is 16.4 Å². The Morgan fingerprint density at radius 3 is 2.40 bits per heavy atom. The van der Waals surface area contributed by atoms with E-state index in [9.17, 15) is 0 Å². The van der Waals surface area contributed by atoms with Gasteiger partial charge in [0, 0.05) is 10.5 Å². The Morgan fingerprint density at radius 1 is 1.30 bits per heavy atom. The Kier molecular flexibility index (Phi) is 3.09. The van der Waals surface area contributed by atoms with Gasteiger partial charge in [0.05, 0.1) is 0 Å². The molecule has 0 spiro atoms. The molecular formula is C9H18S. The van der Waals surface area contributed by atoms with Crippen molar-refractivity contribution in [2.75, 3.05) is 0 Å². The highest BCUT2D eigenvalue weighted by atomic mass is 32.2. The van der Waals surface area contributed by atoms with E-state index in [1.165, 1.54) is 19.3 Å². The van der Waals surface area contributed by atoms with Crippen molar-refractivity contribution in [3.8, 4) is 0 Å². The van der Waals surface area contributed by atoms with Crippen molar-refractivity contribution in [1.82, 2.24) is 0 Å². The van der Waals surface area contributed by atoms with Crippen molar-refractivity contribution in [3.63, 3.8) is 0 Å². The fourth-order valence-electron chi connectivity index (χ4n) is 1.90. The average Bonchev–Trinajstić information content (AvgIpc) is 2.30. The van der Waals surface area contributed by atoms with Crippen LogP contribution in [0.15, 0.2) is 0 Å². The molecule has 10 heavy (non-hydrogen) atoms. The van der Waals surface area contributed by atoms with Gasteiger partial charge in [0.25, 0.3) is 0 Å². The summed E-state index contributed by atoms with van der Waals surface area (Å²) in [7, 11) is 0. The van der Waals surface area contributed by atoms with Gasteiger partial charge in [-0.15, -0.1) is 0 Å². The van der Waals surface area contributed by atoms with Gasteiger partial charge in [-0.3, -0.25) is 0 Å². The number of hydrogen-bond acceptors (Lipinski definition) is 1. The molecule has 1 aliphatic rings. The Morgan fingerprint density at radius 2 is 2.00 bits per heavy atom. The second-order valence-electron chi connectivity index (χ2n) is 3.30. The Bertz CT molecular complexity index is 88.9. The van der Waals surface area contributed by atoms with E-state index >= 15 is 0 Å². The Balaban J connectivity index is 2.41. The first-order valence-electron chi connectivity index (χ1n) is 4.43. The van der Waals surface area contributed by atoms with Crippen molar-refractivity contribution in [2.45, 2.75) is 50.5 Å². The van der Waals surface area contributed by atoms with Crippen LogP contribution in [0.2, 0.25) is 0 Å². The fraction of sp³-hybridized carbons (Fsp3) is 1.00. The summed E-state index contributed by atoms with van der Waals surface area (Å²) < 4.78 is 0. The maximum atomic E-state index is 2.36. The van der Waals surface area contributed by atoms with E-state index in [1.54, 1.807) is 0 Å². The molecule has 0 aromatic rings. The first kappa shape index (κ1) is 8.45. The van der Waals surface area contributed by atoms with Crippen LogP contribution in [0.4, 0.5) is 0 Å². The second kappa shape index (κ2) is 3.66. The van der Waals surface area contributed by atoms with Crippen LogP contribution in [0.5, 0.6) is 0 Å². The summed E-state index contributed by atoms with van der Waals surface area (Å²) in [5, 5.41) is 1.90. The molecule has 1 saturated heterocycles. The highest BCUT2D eigenvalue weighted by molar-refractivity contribution is 8.00. The predicted molar refractivity (Wildman–Crippen MR) is 49.5 cm³/mol. The quantitative estimate of drug-likeness (QED) is 0.594. The van der Waals surface area contributed by atoms with Crippen molar-refractivity contribution < 1.29 is 0 Å². The summed E-state index contributed by atoms with van der Waals surface area (Å²) in [4.78, 5) is 0. The largest absolute Gasteiger partial charge is 0.155 e. The van der Waals surface area contributed by atoms with Gasteiger partial charge in [-0.25, -0.2) is 0 Å². The first-order chi connectivity index (χ1) is 4.77. The lowest BCUT2D eigenvalue weighted by molar-refractivity contribution is 0.472. The molecule has 0 saturated carbocycles. The molecule has 1 heteroatoms. The van der Waals surface area contributed by atoms with Crippen LogP contribution in [0.25, 0.3) is 0 Å². The third-order valence-electron chi connectivity index (χ3n) is 2.49. The lowest BCUT2D eigenvalue weighted by atomic mass is 9.96. The molecule has 1 aliphatic heterocycles. The molecule has 0 amide bonds. The van der Waals surface area contributed by atoms with Crippen LogP contribution in [0.1, 0.15) is 40.0 Å². The molecule has 1 rings (SSSR count). The molecule has 0 aromatic carbocycles. The van der Waals surface area contributed by atoms with Gasteiger partial charge < -0.3 is 0 Å². The number of hydrogen-bond donors (Lipinski definition) is 0. The lowest BCUT2D eigenvalue weighted by Crippen LogP contribution is -2.08. The molecule has 1 heterocycles. The van der Waals surface area contributed by atoms with Crippen LogP contribution < -0.4 is 0 Å². The van der Waals surface area contributed by atoms with Crippen molar-refractivity contribution >= 4 is 11.8 Å². The highest BCUT2D eigenvalue weighted by Crippen LogP contribution is 2.41. The van der Waals surface area contributed by atoms with Crippen LogP contribution in [0, 0.1) is 5.92 Å². The van der Waals surface area contributed by atoms with Crippen LogP contribution in [0.3, 0.4) is 0 Å². The van der Waals surface area contributed by atoms with Gasteiger partial charge >= 0.3 is 0 Å². The molecule has 0 radical (unpaired) electrons. The molecule has 1 fully saturated rings. The van der Waals surface area contributed by atoms with Gasteiger partial charge in [0.15, 0.2) is 0 Å². The standard InChI is InChI=1S/C9H18S/c1-4-8-6-7(3)10-9(8)5-2/h7-9H,4-6H2,1-3H3. The number of thioether (sulfide) groups is 1. The van der Waals surface area contributed by atoms with E-state index in [1.807, 2.05) is 0 Å². The van der Waals surface area contributed by atoms with Crippen LogP contribution in [-0.4, -0.2) is 10.5 Å². The van der Waals surface area contributed by atoms with E-state index in [-0.39, 0.29) is 0 Å². The maximum Gasteiger partial charge on any atom is 0.00756 e. The van der Waals surface area contributed by atoms with Crippen LogP contribution >= 0.6 is 11.8 Å². The minimum Gasteiger partial charge on any atom is -0.155 e. The molecule has 0 aromatic heterocycles. The monoisotopic (exact) mass is 158 g/mol. The van der Waals surface area contributed by atoms with Crippen molar-refractivity contribution in [2.24, 2.45) is 5.92 Å². The zero-order valence-corrected chi connectivity index (χ0v) is 8.08. The molecule has 0 nitrogen and oxygen atoms in total. The first-order valence-corrected chi connectivity index (χ1v) is 5.37. The summed E-state index contributed by atoms with van der Waals surface area (Å²) in [6.45, 7) is 7.01. The SMILES string of the molecule is CCC1CC(C)SC1CC. The zero-order chi connectivity index (χ0) is 7.56. The smallest absolute Gasteiger partial charge is 0.00756 e. The minimum atomic E-state index is 0.926. The molecule has 0 bridgehead atoms. The van der Waals surface area contributed by atoms with Gasteiger partial charge in [-0.05, 0) is 18.8 Å². The van der Waals surface area contributed by atoms with Gasteiger partial charge in [-0.1, -0.05) is 27.2 Å². The zero-order valence-electron chi connectivity index (χ0n) is 7.26.